The van der Waals surface area contributed by atoms with Crippen molar-refractivity contribution >= 4 is 34.2 Å². The van der Waals surface area contributed by atoms with E-state index in [1.165, 1.54) is 18.6 Å². The molecule has 0 aliphatic rings. The van der Waals surface area contributed by atoms with Crippen molar-refractivity contribution in [2.24, 2.45) is 0 Å². The van der Waals surface area contributed by atoms with Gasteiger partial charge in [0.1, 0.15) is 5.82 Å². The van der Waals surface area contributed by atoms with E-state index in [1.807, 2.05) is 36.0 Å². The second-order valence-corrected chi connectivity index (χ2v) is 5.26. The molecule has 0 aliphatic heterocycles. The molecular weight excluding hydrogens is 242 g/mol. The number of anilines is 2. The molecule has 0 bridgehead atoms. The third kappa shape index (κ3) is 3.53. The van der Waals surface area contributed by atoms with E-state index in [9.17, 15) is 0 Å². The van der Waals surface area contributed by atoms with Crippen LogP contribution in [-0.2, 0) is 0 Å². The summed E-state index contributed by atoms with van der Waals surface area (Å²) < 4.78 is 0. The van der Waals surface area contributed by atoms with Crippen LogP contribution < -0.4 is 11.1 Å². The van der Waals surface area contributed by atoms with Crippen LogP contribution in [-0.4, -0.2) is 23.5 Å². The zero-order valence-corrected chi connectivity index (χ0v) is 11.5. The Morgan fingerprint density at radius 2 is 2.11 bits per heavy atom. The minimum absolute atomic E-state index is 0.780. The van der Waals surface area contributed by atoms with Crippen LogP contribution in [0.1, 0.15) is 12.8 Å². The zero-order valence-electron chi connectivity index (χ0n) is 10.6. The fourth-order valence-corrected chi connectivity index (χ4v) is 2.32. The largest absolute Gasteiger partial charge is 0.399 e. The van der Waals surface area contributed by atoms with Gasteiger partial charge in [-0.25, -0.2) is 4.98 Å². The van der Waals surface area contributed by atoms with E-state index in [2.05, 4.69) is 22.6 Å². The minimum atomic E-state index is 0.780. The van der Waals surface area contributed by atoms with Crippen molar-refractivity contribution < 1.29 is 0 Å². The lowest BCUT2D eigenvalue weighted by atomic mass is 10.2. The van der Waals surface area contributed by atoms with Gasteiger partial charge in [-0.05, 0) is 55.2 Å². The van der Waals surface area contributed by atoms with E-state index in [1.54, 1.807) is 0 Å². The number of aromatic nitrogens is 1. The number of unbranched alkanes of at least 4 members (excludes halogenated alkanes) is 1. The standard InChI is InChI=1S/C14H19N3S/c1-18-9-3-2-8-16-14-7-4-11-10-12(15)5-6-13(11)17-14/h4-7,10H,2-3,8-9,15H2,1H3,(H,16,17). The number of fused-ring (bicyclic) bond motifs is 1. The first-order valence-electron chi connectivity index (χ1n) is 6.19. The van der Waals surface area contributed by atoms with Gasteiger partial charge in [0.2, 0.25) is 0 Å². The van der Waals surface area contributed by atoms with Crippen LogP contribution in [0.3, 0.4) is 0 Å². The van der Waals surface area contributed by atoms with E-state index in [4.69, 9.17) is 5.73 Å². The summed E-state index contributed by atoms with van der Waals surface area (Å²) in [7, 11) is 0. The summed E-state index contributed by atoms with van der Waals surface area (Å²) >= 11 is 1.90. The van der Waals surface area contributed by atoms with Crippen LogP contribution in [0, 0.1) is 0 Å². The molecule has 0 fully saturated rings. The average molecular weight is 261 g/mol. The van der Waals surface area contributed by atoms with Gasteiger partial charge in [0, 0.05) is 17.6 Å². The molecule has 3 nitrogen and oxygen atoms in total. The monoisotopic (exact) mass is 261 g/mol. The third-order valence-electron chi connectivity index (χ3n) is 2.79. The molecule has 0 amide bonds. The van der Waals surface area contributed by atoms with Crippen LogP contribution in [0.15, 0.2) is 30.3 Å². The number of hydrogen-bond donors (Lipinski definition) is 2. The quantitative estimate of drug-likeness (QED) is 0.618. The predicted molar refractivity (Wildman–Crippen MR) is 82.3 cm³/mol. The molecule has 0 saturated heterocycles. The molecule has 0 spiro atoms. The molecule has 0 saturated carbocycles. The third-order valence-corrected chi connectivity index (χ3v) is 3.49. The maximum absolute atomic E-state index is 5.74. The van der Waals surface area contributed by atoms with Crippen LogP contribution in [0.4, 0.5) is 11.5 Å². The molecule has 0 unspecified atom stereocenters. The van der Waals surface area contributed by atoms with Crippen molar-refractivity contribution in [1.82, 2.24) is 4.98 Å². The van der Waals surface area contributed by atoms with Gasteiger partial charge in [-0.2, -0.15) is 11.8 Å². The summed E-state index contributed by atoms with van der Waals surface area (Å²) in [5.74, 6) is 2.17. The molecular formula is C14H19N3S. The summed E-state index contributed by atoms with van der Waals surface area (Å²) in [6, 6.07) is 9.87. The molecule has 0 aliphatic carbocycles. The molecule has 4 heteroatoms. The molecule has 0 atom stereocenters. The van der Waals surface area contributed by atoms with Gasteiger partial charge in [-0.15, -0.1) is 0 Å². The van der Waals surface area contributed by atoms with E-state index >= 15 is 0 Å². The Morgan fingerprint density at radius 3 is 2.94 bits per heavy atom. The molecule has 1 aromatic heterocycles. The topological polar surface area (TPSA) is 50.9 Å². The maximum atomic E-state index is 5.74. The highest BCUT2D eigenvalue weighted by Crippen LogP contribution is 2.17. The normalized spacial score (nSPS) is 10.7. The van der Waals surface area contributed by atoms with Crippen LogP contribution in [0.2, 0.25) is 0 Å². The van der Waals surface area contributed by atoms with Gasteiger partial charge >= 0.3 is 0 Å². The second kappa shape index (κ2) is 6.50. The first kappa shape index (κ1) is 13.0. The maximum Gasteiger partial charge on any atom is 0.126 e. The Bertz CT molecular complexity index is 513. The number of nitrogens with two attached hydrogens (primary N) is 1. The fourth-order valence-electron chi connectivity index (χ4n) is 1.83. The number of pyridine rings is 1. The van der Waals surface area contributed by atoms with E-state index in [0.717, 1.165) is 29.0 Å². The summed E-state index contributed by atoms with van der Waals surface area (Å²) in [4.78, 5) is 4.56. The average Bonchev–Trinajstić information content (AvgIpc) is 2.38. The number of nitrogens with one attached hydrogen (secondary N) is 1. The number of nitrogen functional groups attached to an aromatic ring is 1. The van der Waals surface area contributed by atoms with Crippen molar-refractivity contribution in [3.63, 3.8) is 0 Å². The zero-order chi connectivity index (χ0) is 12.8. The minimum Gasteiger partial charge on any atom is -0.399 e. The Hall–Kier alpha value is -1.42. The summed E-state index contributed by atoms with van der Waals surface area (Å²) in [6.07, 6.45) is 4.57. The highest BCUT2D eigenvalue weighted by molar-refractivity contribution is 7.98. The number of thioether (sulfide) groups is 1. The first-order valence-corrected chi connectivity index (χ1v) is 7.58. The molecule has 1 aromatic carbocycles. The molecule has 2 aromatic rings. The smallest absolute Gasteiger partial charge is 0.126 e. The lowest BCUT2D eigenvalue weighted by Crippen LogP contribution is -2.03. The lowest BCUT2D eigenvalue weighted by Gasteiger charge is -2.06. The number of nitrogens with zero attached hydrogens (tertiary/aromatic N) is 1. The van der Waals surface area contributed by atoms with E-state index in [0.29, 0.717) is 0 Å². The van der Waals surface area contributed by atoms with Crippen molar-refractivity contribution in [1.29, 1.82) is 0 Å². The van der Waals surface area contributed by atoms with Gasteiger partial charge in [0.05, 0.1) is 5.52 Å². The van der Waals surface area contributed by atoms with Crippen molar-refractivity contribution in [3.05, 3.63) is 30.3 Å². The van der Waals surface area contributed by atoms with Crippen LogP contribution in [0.5, 0.6) is 0 Å². The van der Waals surface area contributed by atoms with Crippen molar-refractivity contribution in [2.75, 3.05) is 29.6 Å². The van der Waals surface area contributed by atoms with Gasteiger partial charge in [-0.1, -0.05) is 0 Å². The van der Waals surface area contributed by atoms with Gasteiger partial charge < -0.3 is 11.1 Å². The number of hydrogen-bond acceptors (Lipinski definition) is 4. The number of benzene rings is 1. The predicted octanol–water partition coefficient (Wildman–Crippen LogP) is 3.37. The van der Waals surface area contributed by atoms with E-state index < -0.39 is 0 Å². The Kier molecular flexibility index (Phi) is 4.70. The fraction of sp³-hybridized carbons (Fsp3) is 0.357. The molecule has 1 heterocycles. The molecule has 3 N–H and O–H groups in total. The molecule has 2 rings (SSSR count). The summed E-state index contributed by atoms with van der Waals surface area (Å²) in [6.45, 7) is 0.980. The highest BCUT2D eigenvalue weighted by atomic mass is 32.2. The van der Waals surface area contributed by atoms with Crippen molar-refractivity contribution in [2.45, 2.75) is 12.8 Å². The Morgan fingerprint density at radius 1 is 1.22 bits per heavy atom. The summed E-state index contributed by atoms with van der Waals surface area (Å²) in [5, 5.41) is 4.44. The lowest BCUT2D eigenvalue weighted by molar-refractivity contribution is 0.840. The van der Waals surface area contributed by atoms with Gasteiger partial charge in [-0.3, -0.25) is 0 Å². The Balaban J connectivity index is 1.95. The molecule has 0 radical (unpaired) electrons. The second-order valence-electron chi connectivity index (χ2n) is 4.28. The highest BCUT2D eigenvalue weighted by Gasteiger charge is 1.98. The van der Waals surface area contributed by atoms with Gasteiger partial charge in [0.15, 0.2) is 0 Å². The molecule has 18 heavy (non-hydrogen) atoms. The van der Waals surface area contributed by atoms with Crippen LogP contribution >= 0.6 is 11.8 Å². The van der Waals surface area contributed by atoms with Crippen LogP contribution in [0.25, 0.3) is 10.9 Å². The SMILES string of the molecule is CSCCCCNc1ccc2cc(N)ccc2n1. The van der Waals surface area contributed by atoms with Gasteiger partial charge in [0.25, 0.3) is 0 Å². The van der Waals surface area contributed by atoms with E-state index in [-0.39, 0.29) is 0 Å². The molecule has 96 valence electrons. The first-order chi connectivity index (χ1) is 8.79. The summed E-state index contributed by atoms with van der Waals surface area (Å²) in [5.41, 5.74) is 7.51. The Labute approximate surface area is 112 Å². The van der Waals surface area contributed by atoms with Crippen molar-refractivity contribution in [3.8, 4) is 0 Å². The number of rotatable bonds is 6.